The van der Waals surface area contributed by atoms with E-state index in [1.807, 2.05) is 0 Å². The average molecular weight is 266 g/mol. The minimum absolute atomic E-state index is 0.116. The van der Waals surface area contributed by atoms with Crippen LogP contribution in [0.1, 0.15) is 37.2 Å². The van der Waals surface area contributed by atoms with Crippen LogP contribution in [0.25, 0.3) is 0 Å². The second kappa shape index (κ2) is 4.99. The van der Waals surface area contributed by atoms with Crippen molar-refractivity contribution in [1.82, 2.24) is 19.9 Å². The SMILES string of the molecule is CC1(C)CCCN(C(=O)c2cn(CC(=O)O)nn2)C1. The lowest BCUT2D eigenvalue weighted by Gasteiger charge is -2.37. The van der Waals surface area contributed by atoms with Gasteiger partial charge in [0.05, 0.1) is 6.20 Å². The highest BCUT2D eigenvalue weighted by Gasteiger charge is 2.30. The van der Waals surface area contributed by atoms with Gasteiger partial charge in [0.15, 0.2) is 5.69 Å². The highest BCUT2D eigenvalue weighted by molar-refractivity contribution is 5.92. The molecule has 0 radical (unpaired) electrons. The topological polar surface area (TPSA) is 88.3 Å². The Balaban J connectivity index is 2.07. The third-order valence-corrected chi connectivity index (χ3v) is 3.24. The summed E-state index contributed by atoms with van der Waals surface area (Å²) >= 11 is 0. The third kappa shape index (κ3) is 3.30. The number of carbonyl (C=O) groups excluding carboxylic acids is 1. The molecular formula is C12H18N4O3. The number of amides is 1. The summed E-state index contributed by atoms with van der Waals surface area (Å²) in [5, 5.41) is 16.0. The van der Waals surface area contributed by atoms with Crippen LogP contribution in [0.4, 0.5) is 0 Å². The average Bonchev–Trinajstić information content (AvgIpc) is 2.74. The van der Waals surface area contributed by atoms with Gasteiger partial charge in [-0.25, -0.2) is 4.68 Å². The fourth-order valence-electron chi connectivity index (χ4n) is 2.37. The molecule has 19 heavy (non-hydrogen) atoms. The highest BCUT2D eigenvalue weighted by atomic mass is 16.4. The smallest absolute Gasteiger partial charge is 0.325 e. The molecular weight excluding hydrogens is 248 g/mol. The molecule has 0 aliphatic carbocycles. The summed E-state index contributed by atoms with van der Waals surface area (Å²) in [4.78, 5) is 24.6. The quantitative estimate of drug-likeness (QED) is 0.866. The fraction of sp³-hybridized carbons (Fsp3) is 0.667. The lowest BCUT2D eigenvalue weighted by atomic mass is 9.84. The van der Waals surface area contributed by atoms with Crippen LogP contribution < -0.4 is 0 Å². The standard InChI is InChI=1S/C12H18N4O3/c1-12(2)4-3-5-15(8-12)11(19)9-6-16(14-13-9)7-10(17)18/h6H,3-5,7-8H2,1-2H3,(H,17,18). The molecule has 2 heterocycles. The number of carboxylic acid groups (broad SMARTS) is 1. The van der Waals surface area contributed by atoms with Gasteiger partial charge < -0.3 is 10.0 Å². The maximum atomic E-state index is 12.2. The van der Waals surface area contributed by atoms with E-state index in [1.54, 1.807) is 4.90 Å². The summed E-state index contributed by atoms with van der Waals surface area (Å²) < 4.78 is 1.16. The van der Waals surface area contributed by atoms with Crippen molar-refractivity contribution in [3.63, 3.8) is 0 Å². The molecule has 0 aromatic carbocycles. The minimum Gasteiger partial charge on any atom is -0.480 e. The van der Waals surface area contributed by atoms with E-state index in [4.69, 9.17) is 5.11 Å². The number of carboxylic acids is 1. The van der Waals surface area contributed by atoms with Crippen LogP contribution in [-0.2, 0) is 11.3 Å². The molecule has 1 aliphatic rings. The van der Waals surface area contributed by atoms with E-state index in [2.05, 4.69) is 24.2 Å². The van der Waals surface area contributed by atoms with Gasteiger partial charge in [-0.3, -0.25) is 9.59 Å². The molecule has 0 unspecified atom stereocenters. The Morgan fingerprint density at radius 1 is 1.47 bits per heavy atom. The van der Waals surface area contributed by atoms with Gasteiger partial charge in [0.1, 0.15) is 6.54 Å². The van der Waals surface area contributed by atoms with Gasteiger partial charge in [-0.05, 0) is 18.3 Å². The Morgan fingerprint density at radius 2 is 2.21 bits per heavy atom. The molecule has 1 aliphatic heterocycles. The first-order valence-corrected chi connectivity index (χ1v) is 6.29. The van der Waals surface area contributed by atoms with Crippen LogP contribution in [0.2, 0.25) is 0 Å². The maximum absolute atomic E-state index is 12.2. The van der Waals surface area contributed by atoms with Gasteiger partial charge >= 0.3 is 5.97 Å². The Bertz CT molecular complexity index is 495. The first-order valence-electron chi connectivity index (χ1n) is 6.29. The van der Waals surface area contributed by atoms with Gasteiger partial charge in [0.2, 0.25) is 0 Å². The first-order chi connectivity index (χ1) is 8.87. The Hall–Kier alpha value is -1.92. The van der Waals surface area contributed by atoms with Crippen LogP contribution in [0.15, 0.2) is 6.20 Å². The highest BCUT2D eigenvalue weighted by Crippen LogP contribution is 2.28. The van der Waals surface area contributed by atoms with E-state index in [1.165, 1.54) is 6.20 Å². The number of likely N-dealkylation sites (tertiary alicyclic amines) is 1. The summed E-state index contributed by atoms with van der Waals surface area (Å²) in [6.07, 6.45) is 3.46. The van der Waals surface area contributed by atoms with Gasteiger partial charge in [0.25, 0.3) is 5.91 Å². The van der Waals surface area contributed by atoms with Crippen molar-refractivity contribution < 1.29 is 14.7 Å². The summed E-state index contributed by atoms with van der Waals surface area (Å²) in [6, 6.07) is 0. The van der Waals surface area contributed by atoms with E-state index in [-0.39, 0.29) is 23.6 Å². The molecule has 1 N–H and O–H groups in total. The Morgan fingerprint density at radius 3 is 2.84 bits per heavy atom. The summed E-state index contributed by atoms with van der Waals surface area (Å²) in [7, 11) is 0. The molecule has 0 spiro atoms. The van der Waals surface area contributed by atoms with Gasteiger partial charge in [-0.2, -0.15) is 0 Å². The van der Waals surface area contributed by atoms with E-state index >= 15 is 0 Å². The molecule has 7 nitrogen and oxygen atoms in total. The van der Waals surface area contributed by atoms with Crippen LogP contribution in [0.3, 0.4) is 0 Å². The van der Waals surface area contributed by atoms with Crippen LogP contribution in [-0.4, -0.2) is 50.0 Å². The Labute approximate surface area is 111 Å². The molecule has 0 atom stereocenters. The van der Waals surface area contributed by atoms with E-state index in [0.717, 1.165) is 17.5 Å². The van der Waals surface area contributed by atoms with Crippen molar-refractivity contribution in [2.45, 2.75) is 33.2 Å². The lowest BCUT2D eigenvalue weighted by molar-refractivity contribution is -0.137. The predicted molar refractivity (Wildman–Crippen MR) is 66.6 cm³/mol. The summed E-state index contributed by atoms with van der Waals surface area (Å²) in [5.41, 5.74) is 0.323. The molecule has 1 amide bonds. The first kappa shape index (κ1) is 13.5. The van der Waals surface area contributed by atoms with Crippen molar-refractivity contribution in [2.24, 2.45) is 5.41 Å². The van der Waals surface area contributed by atoms with Crippen LogP contribution in [0, 0.1) is 5.41 Å². The van der Waals surface area contributed by atoms with Crippen molar-refractivity contribution in [3.05, 3.63) is 11.9 Å². The molecule has 7 heteroatoms. The monoisotopic (exact) mass is 266 g/mol. The number of hydrogen-bond acceptors (Lipinski definition) is 4. The predicted octanol–water partition coefficient (Wildman–Crippen LogP) is 0.625. The zero-order chi connectivity index (χ0) is 14.0. The maximum Gasteiger partial charge on any atom is 0.325 e. The van der Waals surface area contributed by atoms with Crippen molar-refractivity contribution >= 4 is 11.9 Å². The van der Waals surface area contributed by atoms with Crippen molar-refractivity contribution in [2.75, 3.05) is 13.1 Å². The molecule has 1 saturated heterocycles. The zero-order valence-electron chi connectivity index (χ0n) is 11.2. The van der Waals surface area contributed by atoms with Gasteiger partial charge in [-0.1, -0.05) is 19.1 Å². The number of aliphatic carboxylic acids is 1. The number of aromatic nitrogens is 3. The second-order valence-corrected chi connectivity index (χ2v) is 5.69. The van der Waals surface area contributed by atoms with Crippen molar-refractivity contribution in [1.29, 1.82) is 0 Å². The molecule has 2 rings (SSSR count). The number of piperidine rings is 1. The van der Waals surface area contributed by atoms with E-state index in [0.29, 0.717) is 13.1 Å². The lowest BCUT2D eigenvalue weighted by Crippen LogP contribution is -2.43. The largest absolute Gasteiger partial charge is 0.480 e. The molecule has 0 bridgehead atoms. The molecule has 1 fully saturated rings. The van der Waals surface area contributed by atoms with E-state index < -0.39 is 5.97 Å². The Kier molecular flexibility index (Phi) is 3.55. The summed E-state index contributed by atoms with van der Waals surface area (Å²) in [6.45, 7) is 5.39. The van der Waals surface area contributed by atoms with Crippen LogP contribution in [0.5, 0.6) is 0 Å². The number of hydrogen-bond donors (Lipinski definition) is 1. The molecule has 1 aromatic heterocycles. The van der Waals surface area contributed by atoms with Crippen molar-refractivity contribution in [3.8, 4) is 0 Å². The number of carbonyl (C=O) groups is 2. The zero-order valence-corrected chi connectivity index (χ0v) is 11.2. The normalized spacial score (nSPS) is 18.3. The van der Waals surface area contributed by atoms with Gasteiger partial charge in [-0.15, -0.1) is 5.10 Å². The van der Waals surface area contributed by atoms with E-state index in [9.17, 15) is 9.59 Å². The fourth-order valence-corrected chi connectivity index (χ4v) is 2.37. The molecule has 104 valence electrons. The number of rotatable bonds is 3. The molecule has 0 saturated carbocycles. The molecule has 1 aromatic rings. The summed E-state index contributed by atoms with van der Waals surface area (Å²) in [5.74, 6) is -1.19. The third-order valence-electron chi connectivity index (χ3n) is 3.24. The van der Waals surface area contributed by atoms with Gasteiger partial charge in [0, 0.05) is 13.1 Å². The number of nitrogens with zero attached hydrogens (tertiary/aromatic N) is 4. The van der Waals surface area contributed by atoms with Crippen LogP contribution >= 0.6 is 0 Å². The minimum atomic E-state index is -1.01. The second-order valence-electron chi connectivity index (χ2n) is 5.69.